The first-order valence-electron chi connectivity index (χ1n) is 12.1. The van der Waals surface area contributed by atoms with Crippen LogP contribution in [0.2, 0.25) is 0 Å². The fourth-order valence-corrected chi connectivity index (χ4v) is 2.97. The molecule has 0 radical (unpaired) electrons. The Morgan fingerprint density at radius 2 is 1.19 bits per heavy atom. The van der Waals surface area contributed by atoms with Crippen molar-refractivity contribution in [3.8, 4) is 0 Å². The first-order chi connectivity index (χ1) is 17.3. The van der Waals surface area contributed by atoms with Crippen LogP contribution in [0.1, 0.15) is 27.7 Å². The van der Waals surface area contributed by atoms with Gasteiger partial charge in [-0.3, -0.25) is 9.69 Å². The quantitative estimate of drug-likeness (QED) is 0.277. The van der Waals surface area contributed by atoms with Crippen molar-refractivity contribution in [3.05, 3.63) is 107 Å². The van der Waals surface area contributed by atoms with E-state index in [-0.39, 0.29) is 5.91 Å². The average Bonchev–Trinajstić information content (AvgIpc) is 2.85. The van der Waals surface area contributed by atoms with E-state index in [1.165, 1.54) is 0 Å². The highest BCUT2D eigenvalue weighted by atomic mass is 16.5. The van der Waals surface area contributed by atoms with E-state index >= 15 is 0 Å². The molecule has 0 aromatic rings. The van der Waals surface area contributed by atoms with Crippen LogP contribution in [0.25, 0.3) is 0 Å². The maximum Gasteiger partial charge on any atom is 0.328 e. The lowest BCUT2D eigenvalue weighted by atomic mass is 10.2. The third kappa shape index (κ3) is 17.0. The zero-order chi connectivity index (χ0) is 26.6. The topological polar surface area (TPSA) is 78.9 Å². The molecule has 2 N–H and O–H groups in total. The summed E-state index contributed by atoms with van der Waals surface area (Å²) in [5, 5.41) is 11.5. The number of carbonyl (C=O) groups is 2. The summed E-state index contributed by atoms with van der Waals surface area (Å²) in [5.41, 5.74) is 4.04. The van der Waals surface area contributed by atoms with Crippen LogP contribution >= 0.6 is 0 Å². The number of amides is 1. The molecule has 1 aliphatic heterocycles. The van der Waals surface area contributed by atoms with Gasteiger partial charge < -0.3 is 15.2 Å². The highest BCUT2D eigenvalue weighted by Crippen LogP contribution is 2.02. The SMILES string of the molecule is CC(=C/C=C/C(C)=C/C=C/C=C(C)/C=C/C=C(C)/C=C/C(=O)NCCN1CCOCC1)/C=C/C(=O)O. The van der Waals surface area contributed by atoms with Gasteiger partial charge in [0.2, 0.25) is 5.91 Å². The number of hydrogen-bond donors (Lipinski definition) is 2. The van der Waals surface area contributed by atoms with Crippen LogP contribution in [-0.4, -0.2) is 61.3 Å². The van der Waals surface area contributed by atoms with Crippen molar-refractivity contribution >= 4 is 11.9 Å². The minimum absolute atomic E-state index is 0.0828. The van der Waals surface area contributed by atoms with E-state index < -0.39 is 5.97 Å². The largest absolute Gasteiger partial charge is 0.478 e. The van der Waals surface area contributed by atoms with Gasteiger partial charge in [-0.15, -0.1) is 0 Å². The summed E-state index contributed by atoms with van der Waals surface area (Å²) in [6.45, 7) is 12.7. The number of nitrogens with one attached hydrogen (secondary N) is 1. The minimum Gasteiger partial charge on any atom is -0.478 e. The van der Waals surface area contributed by atoms with Crippen molar-refractivity contribution in [2.45, 2.75) is 27.7 Å². The lowest BCUT2D eigenvalue weighted by molar-refractivity contribution is -0.131. The van der Waals surface area contributed by atoms with E-state index in [0.717, 1.165) is 61.2 Å². The van der Waals surface area contributed by atoms with Gasteiger partial charge >= 0.3 is 5.97 Å². The number of rotatable bonds is 13. The summed E-state index contributed by atoms with van der Waals surface area (Å²) in [6.07, 6.45) is 25.7. The van der Waals surface area contributed by atoms with E-state index in [4.69, 9.17) is 9.84 Å². The van der Waals surface area contributed by atoms with E-state index in [0.29, 0.717) is 6.54 Å². The van der Waals surface area contributed by atoms with Crippen LogP contribution in [0.15, 0.2) is 107 Å². The summed E-state index contributed by atoms with van der Waals surface area (Å²) in [5.74, 6) is -1.04. The maximum absolute atomic E-state index is 12.0. The Bertz CT molecular complexity index is 982. The first kappa shape index (κ1) is 30.6. The van der Waals surface area contributed by atoms with Crippen LogP contribution in [-0.2, 0) is 14.3 Å². The molecule has 194 valence electrons. The van der Waals surface area contributed by atoms with E-state index in [1.54, 1.807) is 12.2 Å². The number of carboxylic acid groups (broad SMARTS) is 1. The van der Waals surface area contributed by atoms with Crippen LogP contribution in [0, 0.1) is 0 Å². The third-order valence-corrected chi connectivity index (χ3v) is 5.08. The average molecular weight is 493 g/mol. The summed E-state index contributed by atoms with van der Waals surface area (Å²) < 4.78 is 5.32. The number of aliphatic carboxylic acids is 1. The predicted molar refractivity (Wildman–Crippen MR) is 149 cm³/mol. The Morgan fingerprint density at radius 1 is 0.722 bits per heavy atom. The molecule has 6 heteroatoms. The molecule has 0 aromatic heterocycles. The molecule has 1 amide bonds. The maximum atomic E-state index is 12.0. The van der Waals surface area contributed by atoms with Crippen molar-refractivity contribution in [1.29, 1.82) is 0 Å². The Kier molecular flexibility index (Phi) is 16.0. The second-order valence-corrected chi connectivity index (χ2v) is 8.50. The Morgan fingerprint density at radius 3 is 1.72 bits per heavy atom. The van der Waals surface area contributed by atoms with Gasteiger partial charge in [0.1, 0.15) is 0 Å². The second kappa shape index (κ2) is 18.8. The zero-order valence-corrected chi connectivity index (χ0v) is 21.9. The summed E-state index contributed by atoms with van der Waals surface area (Å²) >= 11 is 0. The standard InChI is InChI=1S/C30H40N2O4/c1-25(9-5-6-10-26(2)12-8-14-28(4)16-18-30(34)35)11-7-13-27(3)15-17-29(33)31-19-20-32-21-23-36-24-22-32/h5-18H,19-24H2,1-4H3,(H,31,33)(H,34,35)/b6-5+,11-7+,12-8+,17-15+,18-16+,25-9+,26-10+,27-13+,28-14-. The van der Waals surface area contributed by atoms with Gasteiger partial charge in [-0.2, -0.15) is 0 Å². The van der Waals surface area contributed by atoms with E-state index in [2.05, 4.69) is 10.2 Å². The number of allylic oxidation sites excluding steroid dienone is 16. The fraction of sp³-hybridized carbons (Fsp3) is 0.333. The van der Waals surface area contributed by atoms with Crippen LogP contribution in [0.5, 0.6) is 0 Å². The third-order valence-electron chi connectivity index (χ3n) is 5.08. The Hall–Kier alpha value is -3.48. The first-order valence-corrected chi connectivity index (χ1v) is 12.1. The number of hydrogen-bond acceptors (Lipinski definition) is 4. The van der Waals surface area contributed by atoms with Crippen LogP contribution in [0.3, 0.4) is 0 Å². The number of morpholine rings is 1. The van der Waals surface area contributed by atoms with Crippen LogP contribution < -0.4 is 5.32 Å². The lowest BCUT2D eigenvalue weighted by Crippen LogP contribution is -2.41. The second-order valence-electron chi connectivity index (χ2n) is 8.50. The van der Waals surface area contributed by atoms with E-state index in [1.807, 2.05) is 94.5 Å². The van der Waals surface area contributed by atoms with Gasteiger partial charge in [0.25, 0.3) is 0 Å². The van der Waals surface area contributed by atoms with Gasteiger partial charge in [0.05, 0.1) is 13.2 Å². The van der Waals surface area contributed by atoms with Crippen molar-refractivity contribution in [2.24, 2.45) is 0 Å². The molecule has 1 saturated heterocycles. The van der Waals surface area contributed by atoms with Gasteiger partial charge in [0.15, 0.2) is 0 Å². The highest BCUT2D eigenvalue weighted by Gasteiger charge is 2.09. The molecule has 0 saturated carbocycles. The molecular weight excluding hydrogens is 452 g/mol. The smallest absolute Gasteiger partial charge is 0.328 e. The van der Waals surface area contributed by atoms with Gasteiger partial charge in [0, 0.05) is 38.3 Å². The molecule has 1 rings (SSSR count). The molecular formula is C30H40N2O4. The lowest BCUT2D eigenvalue weighted by Gasteiger charge is -2.26. The van der Waals surface area contributed by atoms with Crippen molar-refractivity contribution < 1.29 is 19.4 Å². The molecule has 36 heavy (non-hydrogen) atoms. The number of carboxylic acids is 1. The molecule has 0 aliphatic carbocycles. The molecule has 0 atom stereocenters. The highest BCUT2D eigenvalue weighted by molar-refractivity contribution is 5.87. The summed E-state index contributed by atoms with van der Waals surface area (Å²) in [7, 11) is 0. The monoisotopic (exact) mass is 492 g/mol. The molecule has 1 heterocycles. The fourth-order valence-electron chi connectivity index (χ4n) is 2.97. The molecule has 0 aromatic carbocycles. The molecule has 6 nitrogen and oxygen atoms in total. The van der Waals surface area contributed by atoms with Gasteiger partial charge in [-0.1, -0.05) is 95.2 Å². The van der Waals surface area contributed by atoms with Crippen molar-refractivity contribution in [2.75, 3.05) is 39.4 Å². The van der Waals surface area contributed by atoms with Crippen LogP contribution in [0.4, 0.5) is 0 Å². The van der Waals surface area contributed by atoms with E-state index in [9.17, 15) is 9.59 Å². The molecule has 1 fully saturated rings. The number of ether oxygens (including phenoxy) is 1. The number of nitrogens with zero attached hydrogens (tertiary/aromatic N) is 1. The molecule has 1 aliphatic rings. The molecule has 0 unspecified atom stereocenters. The van der Waals surface area contributed by atoms with Gasteiger partial charge in [-0.05, 0) is 27.7 Å². The van der Waals surface area contributed by atoms with Crippen molar-refractivity contribution in [3.63, 3.8) is 0 Å². The Labute approximate surface area is 216 Å². The van der Waals surface area contributed by atoms with Crippen molar-refractivity contribution in [1.82, 2.24) is 10.2 Å². The molecule has 0 bridgehead atoms. The Balaban J connectivity index is 2.41. The predicted octanol–water partition coefficient (Wildman–Crippen LogP) is 5.09. The normalized spacial score (nSPS) is 17.4. The zero-order valence-electron chi connectivity index (χ0n) is 21.9. The van der Waals surface area contributed by atoms with Gasteiger partial charge in [-0.25, -0.2) is 4.79 Å². The minimum atomic E-state index is -0.954. The summed E-state index contributed by atoms with van der Waals surface area (Å²) in [4.78, 5) is 24.8. The summed E-state index contributed by atoms with van der Waals surface area (Å²) in [6, 6.07) is 0. The number of carbonyl (C=O) groups excluding carboxylic acids is 1. The molecule has 0 spiro atoms.